The Balaban J connectivity index is 1.88. The van der Waals surface area contributed by atoms with E-state index in [0.717, 1.165) is 4.88 Å². The summed E-state index contributed by atoms with van der Waals surface area (Å²) in [5, 5.41) is 2.49. The number of aryl methyl sites for hydroxylation is 1. The Bertz CT molecular complexity index is 687. The Hall–Kier alpha value is -2.21. The fourth-order valence-electron chi connectivity index (χ4n) is 1.66. The fraction of sp³-hybridized carbons (Fsp3) is 0.214. The molecular weight excluding hydrogens is 276 g/mol. The average Bonchev–Trinajstić information content (AvgIpc) is 2.85. The summed E-state index contributed by atoms with van der Waals surface area (Å²) in [4.78, 5) is 39.4. The molecular formula is C14H14N2O3S. The van der Waals surface area contributed by atoms with E-state index in [0.29, 0.717) is 4.88 Å². The minimum atomic E-state index is -0.344. The monoisotopic (exact) mass is 290 g/mol. The normalized spacial score (nSPS) is 10.2. The van der Waals surface area contributed by atoms with E-state index in [4.69, 9.17) is 0 Å². The minimum Gasteiger partial charge on any atom is -0.366 e. The first kappa shape index (κ1) is 14.2. The number of Topliss-reactive ketones (excluding diaryl/α,β-unsaturated/α-hetero) is 1. The third-order valence-corrected chi connectivity index (χ3v) is 3.73. The number of H-pyrrole nitrogens is 1. The zero-order valence-corrected chi connectivity index (χ0v) is 11.8. The number of rotatable bonds is 5. The highest BCUT2D eigenvalue weighted by Crippen LogP contribution is 2.17. The van der Waals surface area contributed by atoms with Crippen molar-refractivity contribution >= 4 is 28.7 Å². The molecule has 104 valence electrons. The molecule has 0 unspecified atom stereocenters. The predicted molar refractivity (Wildman–Crippen MR) is 78.3 cm³/mol. The van der Waals surface area contributed by atoms with E-state index >= 15 is 0 Å². The molecule has 0 spiro atoms. The molecule has 2 aromatic heterocycles. The molecule has 0 aliphatic heterocycles. The van der Waals surface area contributed by atoms with Gasteiger partial charge in [0.1, 0.15) is 5.69 Å². The molecule has 6 heteroatoms. The number of aromatic nitrogens is 1. The first-order valence-corrected chi connectivity index (χ1v) is 6.94. The van der Waals surface area contributed by atoms with Crippen LogP contribution in [0.4, 0.5) is 5.69 Å². The summed E-state index contributed by atoms with van der Waals surface area (Å²) < 4.78 is 0. The minimum absolute atomic E-state index is 0.0554. The van der Waals surface area contributed by atoms with E-state index in [2.05, 4.69) is 10.3 Å². The van der Waals surface area contributed by atoms with Crippen molar-refractivity contribution in [2.45, 2.75) is 19.8 Å². The van der Waals surface area contributed by atoms with Crippen LogP contribution in [0.1, 0.15) is 27.4 Å². The van der Waals surface area contributed by atoms with Gasteiger partial charge >= 0.3 is 0 Å². The van der Waals surface area contributed by atoms with Crippen molar-refractivity contribution in [3.8, 4) is 0 Å². The van der Waals surface area contributed by atoms with Gasteiger partial charge < -0.3 is 10.3 Å². The van der Waals surface area contributed by atoms with Crippen LogP contribution in [0.5, 0.6) is 0 Å². The van der Waals surface area contributed by atoms with Crippen molar-refractivity contribution in [2.24, 2.45) is 0 Å². The Morgan fingerprint density at radius 1 is 1.25 bits per heavy atom. The van der Waals surface area contributed by atoms with E-state index in [9.17, 15) is 14.4 Å². The third kappa shape index (κ3) is 3.64. The van der Waals surface area contributed by atoms with Gasteiger partial charge in [-0.1, -0.05) is 0 Å². The lowest BCUT2D eigenvalue weighted by atomic mass is 10.2. The molecule has 0 radical (unpaired) electrons. The summed E-state index contributed by atoms with van der Waals surface area (Å²) in [6.07, 6.45) is 3.10. The Kier molecular flexibility index (Phi) is 4.47. The first-order valence-electron chi connectivity index (χ1n) is 6.13. The first-order chi connectivity index (χ1) is 9.56. The zero-order chi connectivity index (χ0) is 14.5. The lowest BCUT2D eigenvalue weighted by molar-refractivity contribution is -0.116. The van der Waals surface area contributed by atoms with E-state index in [1.165, 1.54) is 29.8 Å². The van der Waals surface area contributed by atoms with E-state index in [1.807, 2.05) is 13.0 Å². The number of amides is 1. The second-order valence-corrected chi connectivity index (χ2v) is 5.59. The van der Waals surface area contributed by atoms with E-state index in [1.54, 1.807) is 6.07 Å². The molecule has 2 rings (SSSR count). The van der Waals surface area contributed by atoms with E-state index in [-0.39, 0.29) is 35.6 Å². The number of aromatic amines is 1. The number of thiophene rings is 1. The second-order valence-electron chi connectivity index (χ2n) is 4.30. The molecule has 0 atom stereocenters. The van der Waals surface area contributed by atoms with Crippen LogP contribution < -0.4 is 10.7 Å². The van der Waals surface area contributed by atoms with Gasteiger partial charge in [-0.15, -0.1) is 11.3 Å². The van der Waals surface area contributed by atoms with Crippen molar-refractivity contribution in [1.29, 1.82) is 0 Å². The second kappa shape index (κ2) is 6.29. The molecule has 0 aromatic carbocycles. The number of carbonyl (C=O) groups excluding carboxylic acids is 2. The third-order valence-electron chi connectivity index (χ3n) is 2.69. The summed E-state index contributed by atoms with van der Waals surface area (Å²) in [5.41, 5.74) is -0.0748. The van der Waals surface area contributed by atoms with Crippen LogP contribution in [0.3, 0.4) is 0 Å². The quantitative estimate of drug-likeness (QED) is 0.830. The number of hydrogen-bond acceptors (Lipinski definition) is 4. The summed E-state index contributed by atoms with van der Waals surface area (Å²) in [7, 11) is 0. The molecule has 0 saturated heterocycles. The number of pyridine rings is 1. The molecule has 2 heterocycles. The van der Waals surface area contributed by atoms with Gasteiger partial charge in [0.15, 0.2) is 5.78 Å². The van der Waals surface area contributed by atoms with Gasteiger partial charge in [0, 0.05) is 36.2 Å². The van der Waals surface area contributed by atoms with Crippen LogP contribution in [0.25, 0.3) is 0 Å². The van der Waals surface area contributed by atoms with Gasteiger partial charge in [-0.2, -0.15) is 0 Å². The highest BCUT2D eigenvalue weighted by molar-refractivity contribution is 7.14. The molecule has 0 fully saturated rings. The highest BCUT2D eigenvalue weighted by Gasteiger charge is 2.11. The standard InChI is InChI=1S/C14H14N2O3S/c1-9-2-4-13(20-9)12(18)3-5-14(19)16-10-8-15-7-6-11(10)17/h2,4,6-8H,3,5H2,1H3,(H,15,17)(H,16,19). The number of ketones is 1. The SMILES string of the molecule is Cc1ccc(C(=O)CCC(=O)Nc2c[nH]ccc2=O)s1. The molecule has 0 aliphatic rings. The van der Waals surface area contributed by atoms with E-state index < -0.39 is 0 Å². The zero-order valence-electron chi connectivity index (χ0n) is 10.9. The van der Waals surface area contributed by atoms with Gasteiger partial charge in [0.2, 0.25) is 11.3 Å². The molecule has 0 aliphatic carbocycles. The van der Waals surface area contributed by atoms with Gasteiger partial charge in [-0.05, 0) is 19.1 Å². The molecule has 1 amide bonds. The lowest BCUT2D eigenvalue weighted by Gasteiger charge is -2.03. The van der Waals surface area contributed by atoms with Crippen molar-refractivity contribution < 1.29 is 9.59 Å². The van der Waals surface area contributed by atoms with Gasteiger partial charge in [0.05, 0.1) is 4.88 Å². The largest absolute Gasteiger partial charge is 0.366 e. The van der Waals surface area contributed by atoms with Crippen molar-refractivity contribution in [3.05, 3.63) is 50.6 Å². The summed E-state index contributed by atoms with van der Waals surface area (Å²) >= 11 is 1.42. The molecule has 0 bridgehead atoms. The van der Waals surface area contributed by atoms with Gasteiger partial charge in [0.25, 0.3) is 0 Å². The van der Waals surface area contributed by atoms with Crippen LogP contribution in [0.2, 0.25) is 0 Å². The number of carbonyl (C=O) groups is 2. The van der Waals surface area contributed by atoms with Crippen molar-refractivity contribution in [2.75, 3.05) is 5.32 Å². The fourth-order valence-corrected chi connectivity index (χ4v) is 2.50. The summed E-state index contributed by atoms with van der Waals surface area (Å²) in [6, 6.07) is 4.97. The van der Waals surface area contributed by atoms with Gasteiger partial charge in [-0.25, -0.2) is 0 Å². The molecule has 2 aromatic rings. The number of nitrogens with one attached hydrogen (secondary N) is 2. The van der Waals surface area contributed by atoms with Crippen molar-refractivity contribution in [1.82, 2.24) is 4.98 Å². The summed E-state index contributed by atoms with van der Waals surface area (Å²) in [6.45, 7) is 1.93. The van der Waals surface area contributed by atoms with Crippen LogP contribution in [-0.4, -0.2) is 16.7 Å². The Morgan fingerprint density at radius 2 is 2.05 bits per heavy atom. The van der Waals surface area contributed by atoms with Crippen LogP contribution in [0, 0.1) is 6.92 Å². The maximum absolute atomic E-state index is 11.8. The van der Waals surface area contributed by atoms with Crippen LogP contribution in [0.15, 0.2) is 35.4 Å². The van der Waals surface area contributed by atoms with Crippen LogP contribution >= 0.6 is 11.3 Å². The highest BCUT2D eigenvalue weighted by atomic mass is 32.1. The molecule has 20 heavy (non-hydrogen) atoms. The smallest absolute Gasteiger partial charge is 0.224 e. The Labute approximate surface area is 119 Å². The maximum atomic E-state index is 11.8. The summed E-state index contributed by atoms with van der Waals surface area (Å²) in [5.74, 6) is -0.399. The van der Waals surface area contributed by atoms with Gasteiger partial charge in [-0.3, -0.25) is 14.4 Å². The van der Waals surface area contributed by atoms with Crippen LogP contribution in [-0.2, 0) is 4.79 Å². The number of anilines is 1. The van der Waals surface area contributed by atoms with Crippen molar-refractivity contribution in [3.63, 3.8) is 0 Å². The Morgan fingerprint density at radius 3 is 2.70 bits per heavy atom. The predicted octanol–water partition coefficient (Wildman–Crippen LogP) is 2.35. The maximum Gasteiger partial charge on any atom is 0.224 e. The lowest BCUT2D eigenvalue weighted by Crippen LogP contribution is -2.18. The molecule has 2 N–H and O–H groups in total. The molecule has 0 saturated carbocycles. The molecule has 5 nitrogen and oxygen atoms in total. The average molecular weight is 290 g/mol. The number of hydrogen-bond donors (Lipinski definition) is 2. The topological polar surface area (TPSA) is 79.0 Å².